The lowest BCUT2D eigenvalue weighted by Crippen LogP contribution is -2.16. The number of ether oxygens (including phenoxy) is 6. The van der Waals surface area contributed by atoms with Crippen LogP contribution in [0.5, 0.6) is 11.5 Å². The molecule has 0 amide bonds. The van der Waals surface area contributed by atoms with Crippen molar-refractivity contribution in [3.63, 3.8) is 0 Å². The number of hydrogen-bond acceptors (Lipinski definition) is 12. The quantitative estimate of drug-likeness (QED) is 0.174. The van der Waals surface area contributed by atoms with Gasteiger partial charge in [0.15, 0.2) is 0 Å². The van der Waals surface area contributed by atoms with Gasteiger partial charge in [-0.25, -0.2) is 29.0 Å². The summed E-state index contributed by atoms with van der Waals surface area (Å²) in [6.07, 6.45) is -0.590. The number of carbonyl (C=O) groups is 4. The zero-order valence-electron chi connectivity index (χ0n) is 19.8. The van der Waals surface area contributed by atoms with Crippen molar-refractivity contribution in [1.82, 2.24) is 0 Å². The third-order valence-corrected chi connectivity index (χ3v) is 4.04. The van der Waals surface area contributed by atoms with Crippen LogP contribution in [0.3, 0.4) is 0 Å². The molecule has 0 aliphatic rings. The molecule has 0 aliphatic heterocycles. The van der Waals surface area contributed by atoms with Gasteiger partial charge in [-0.2, -0.15) is 0 Å². The Bertz CT molecular complexity index is 938. The van der Waals surface area contributed by atoms with Crippen molar-refractivity contribution < 1.29 is 57.4 Å². The second-order valence-electron chi connectivity index (χ2n) is 6.74. The van der Waals surface area contributed by atoms with E-state index in [1.54, 1.807) is 12.1 Å². The maximum atomic E-state index is 12.4. The topological polar surface area (TPSA) is 142 Å². The summed E-state index contributed by atoms with van der Waals surface area (Å²) in [6.45, 7) is 2.99. The Kier molecular flexibility index (Phi) is 11.9. The molecule has 2 aromatic carbocycles. The molecule has 0 aromatic heterocycles. The Morgan fingerprint density at radius 3 is 1.36 bits per heavy atom. The number of rotatable bonds is 12. The monoisotopic (exact) mass is 506 g/mol. The summed E-state index contributed by atoms with van der Waals surface area (Å²) < 4.78 is 29.5. The van der Waals surface area contributed by atoms with Crippen LogP contribution in [0, 0.1) is 0 Å². The van der Waals surface area contributed by atoms with Crippen LogP contribution in [-0.2, 0) is 28.7 Å². The highest BCUT2D eigenvalue weighted by Crippen LogP contribution is 2.22. The second kappa shape index (κ2) is 15.4. The molecular weight excluding hydrogens is 480 g/mol. The first kappa shape index (κ1) is 27.8. The van der Waals surface area contributed by atoms with Gasteiger partial charge in [0, 0.05) is 0 Å². The van der Waals surface area contributed by atoms with Gasteiger partial charge < -0.3 is 28.4 Å². The molecule has 0 radical (unpaired) electrons. The first-order chi connectivity index (χ1) is 17.5. The molecule has 12 heteroatoms. The normalized spacial score (nSPS) is 9.94. The molecule has 0 N–H and O–H groups in total. The number of hydrogen-bond donors (Lipinski definition) is 0. The highest BCUT2D eigenvalue weighted by Gasteiger charge is 2.21. The minimum Gasteiger partial charge on any atom is -0.456 e. The predicted octanol–water partition coefficient (Wildman–Crippen LogP) is 4.41. The van der Waals surface area contributed by atoms with E-state index in [9.17, 15) is 19.2 Å². The van der Waals surface area contributed by atoms with Gasteiger partial charge in [0.25, 0.3) is 0 Å². The molecule has 0 aliphatic carbocycles. The Balaban J connectivity index is 1.90. The van der Waals surface area contributed by atoms with E-state index in [1.165, 1.54) is 36.4 Å². The summed E-state index contributed by atoms with van der Waals surface area (Å²) in [7, 11) is 0. The molecule has 2 rings (SSSR count). The van der Waals surface area contributed by atoms with E-state index in [-0.39, 0.29) is 35.8 Å². The Labute approximate surface area is 206 Å². The van der Waals surface area contributed by atoms with Crippen LogP contribution < -0.4 is 9.47 Å². The summed E-state index contributed by atoms with van der Waals surface area (Å²) in [4.78, 5) is 56.9. The summed E-state index contributed by atoms with van der Waals surface area (Å²) in [5.41, 5.74) is -0.196. The molecule has 2 aromatic rings. The molecule has 0 bridgehead atoms. The van der Waals surface area contributed by atoms with Gasteiger partial charge in [-0.3, -0.25) is 0 Å². The largest absolute Gasteiger partial charge is 0.511 e. The summed E-state index contributed by atoms with van der Waals surface area (Å²) in [5, 5.41) is 0. The van der Waals surface area contributed by atoms with E-state index in [1.807, 2.05) is 13.8 Å². The van der Waals surface area contributed by atoms with E-state index in [0.29, 0.717) is 12.8 Å². The molecule has 0 spiro atoms. The predicted molar refractivity (Wildman–Crippen MR) is 120 cm³/mol. The Morgan fingerprint density at radius 1 is 0.583 bits per heavy atom. The van der Waals surface area contributed by atoms with Crippen molar-refractivity contribution in [2.45, 2.75) is 26.7 Å². The molecule has 194 valence electrons. The van der Waals surface area contributed by atoms with E-state index in [4.69, 9.17) is 28.4 Å². The molecule has 0 saturated carbocycles. The lowest BCUT2D eigenvalue weighted by atomic mass is 10.2. The minimum absolute atomic E-state index is 0.0117. The molecule has 0 saturated heterocycles. The zero-order chi connectivity index (χ0) is 26.2. The minimum atomic E-state index is -1.05. The fraction of sp³-hybridized carbons (Fsp3) is 0.333. The third-order valence-electron chi connectivity index (χ3n) is 4.04. The fourth-order valence-corrected chi connectivity index (χ4v) is 2.42. The van der Waals surface area contributed by atoms with Crippen LogP contribution in [0.4, 0.5) is 9.59 Å². The van der Waals surface area contributed by atoms with Gasteiger partial charge in [0.2, 0.25) is 13.6 Å². The lowest BCUT2D eigenvalue weighted by Gasteiger charge is -2.12. The van der Waals surface area contributed by atoms with Gasteiger partial charge in [-0.05, 0) is 37.1 Å². The maximum Gasteiger partial charge on any atom is 0.511 e. The maximum absolute atomic E-state index is 12.4. The molecule has 12 nitrogen and oxygen atoms in total. The molecule has 0 heterocycles. The van der Waals surface area contributed by atoms with Gasteiger partial charge in [-0.15, -0.1) is 0 Å². The van der Waals surface area contributed by atoms with Crippen molar-refractivity contribution in [1.29, 1.82) is 0 Å². The first-order valence-corrected chi connectivity index (χ1v) is 10.9. The van der Waals surface area contributed by atoms with Crippen LogP contribution in [0.15, 0.2) is 48.5 Å². The molecule has 36 heavy (non-hydrogen) atoms. The van der Waals surface area contributed by atoms with Gasteiger partial charge in [0.05, 0.1) is 13.2 Å². The van der Waals surface area contributed by atoms with E-state index < -0.39 is 37.8 Å². The van der Waals surface area contributed by atoms with E-state index in [2.05, 4.69) is 9.78 Å². The van der Waals surface area contributed by atoms with Crippen molar-refractivity contribution in [2.24, 2.45) is 0 Å². The smallest absolute Gasteiger partial charge is 0.456 e. The van der Waals surface area contributed by atoms with E-state index in [0.717, 1.165) is 0 Å². The summed E-state index contributed by atoms with van der Waals surface area (Å²) in [6, 6.07) is 11.7. The van der Waals surface area contributed by atoms with Crippen molar-refractivity contribution >= 4 is 24.2 Å². The Hall–Kier alpha value is -4.48. The third kappa shape index (κ3) is 9.41. The molecule has 0 unspecified atom stereocenters. The SMILES string of the molecule is CCCOC(=O)OCOc1ccccc1C(=O)OOC(=O)c1ccccc1OCOC(=O)OCCC. The Morgan fingerprint density at radius 2 is 0.972 bits per heavy atom. The number of para-hydroxylation sites is 2. The van der Waals surface area contributed by atoms with Crippen LogP contribution in [0.1, 0.15) is 47.4 Å². The van der Waals surface area contributed by atoms with Gasteiger partial charge in [0.1, 0.15) is 22.6 Å². The molecule has 0 fully saturated rings. The number of benzene rings is 2. The average Bonchev–Trinajstić information content (AvgIpc) is 2.89. The summed E-state index contributed by atoms with van der Waals surface area (Å²) in [5.74, 6) is -2.07. The zero-order valence-corrected chi connectivity index (χ0v) is 19.8. The highest BCUT2D eigenvalue weighted by molar-refractivity contribution is 5.95. The average molecular weight is 506 g/mol. The van der Waals surface area contributed by atoms with Crippen LogP contribution in [0.2, 0.25) is 0 Å². The molecular formula is C24H26O12. The van der Waals surface area contributed by atoms with Crippen molar-refractivity contribution in [2.75, 3.05) is 26.8 Å². The standard InChI is InChI=1S/C24H26O12/c1-3-13-29-23(27)33-15-31-19-11-7-5-9-17(19)21(25)35-36-22(26)18-10-6-8-12-20(18)32-16-34-24(28)30-14-4-2/h5-12H,3-4,13-16H2,1-2H3. The van der Waals surface area contributed by atoms with Crippen LogP contribution >= 0.6 is 0 Å². The van der Waals surface area contributed by atoms with Crippen molar-refractivity contribution in [3.8, 4) is 11.5 Å². The summed E-state index contributed by atoms with van der Waals surface area (Å²) >= 11 is 0. The number of carbonyl (C=O) groups excluding carboxylic acids is 4. The first-order valence-electron chi connectivity index (χ1n) is 10.9. The van der Waals surface area contributed by atoms with Gasteiger partial charge >= 0.3 is 24.2 Å². The molecule has 0 atom stereocenters. The highest BCUT2D eigenvalue weighted by atomic mass is 17.2. The van der Waals surface area contributed by atoms with E-state index >= 15 is 0 Å². The van der Waals surface area contributed by atoms with Crippen LogP contribution in [-0.4, -0.2) is 51.0 Å². The van der Waals surface area contributed by atoms with Gasteiger partial charge in [-0.1, -0.05) is 38.1 Å². The second-order valence-corrected chi connectivity index (χ2v) is 6.74. The fourth-order valence-electron chi connectivity index (χ4n) is 2.42. The van der Waals surface area contributed by atoms with Crippen molar-refractivity contribution in [3.05, 3.63) is 59.7 Å². The van der Waals surface area contributed by atoms with Crippen LogP contribution in [0.25, 0.3) is 0 Å². The lowest BCUT2D eigenvalue weighted by molar-refractivity contribution is -0.187.